The maximum Gasteiger partial charge on any atom is 0.342 e. The minimum Gasteiger partial charge on any atom is -0.507 e. The number of anilines is 1. The Hall–Kier alpha value is -2.70. The number of Topliss-reactive ketones (excluding diaryl/α,β-unsaturated/α-hetero) is 3. The standard InChI is InChI=1S/C20H25NO6/c1-11-7-8-16(23)19(25)15(22)6-4-5-13-9-14(21-3)10-17(24)18(13)20(26)27-12(11)2/h9-12,21,24H,4-8H2,1-3H3. The molecule has 1 aromatic carbocycles. The van der Waals surface area contributed by atoms with Crippen LogP contribution in [0, 0.1) is 5.92 Å². The zero-order valence-electron chi connectivity index (χ0n) is 15.8. The largest absolute Gasteiger partial charge is 0.507 e. The van der Waals surface area contributed by atoms with Gasteiger partial charge < -0.3 is 15.2 Å². The number of rotatable bonds is 1. The van der Waals surface area contributed by atoms with E-state index in [-0.39, 0.29) is 42.9 Å². The Morgan fingerprint density at radius 2 is 1.70 bits per heavy atom. The predicted molar refractivity (Wildman–Crippen MR) is 98.9 cm³/mol. The molecule has 0 amide bonds. The van der Waals surface area contributed by atoms with Gasteiger partial charge in [0.05, 0.1) is 0 Å². The van der Waals surface area contributed by atoms with Gasteiger partial charge in [-0.05, 0) is 43.7 Å². The number of carbonyl (C=O) groups is 4. The van der Waals surface area contributed by atoms with Gasteiger partial charge in [-0.1, -0.05) is 6.92 Å². The van der Waals surface area contributed by atoms with Gasteiger partial charge in [-0.3, -0.25) is 14.4 Å². The number of hydrogen-bond donors (Lipinski definition) is 2. The maximum atomic E-state index is 12.6. The molecule has 0 saturated heterocycles. The molecule has 0 bridgehead atoms. The molecule has 1 heterocycles. The van der Waals surface area contributed by atoms with Gasteiger partial charge in [-0.15, -0.1) is 0 Å². The average molecular weight is 375 g/mol. The second kappa shape index (κ2) is 8.79. The second-order valence-corrected chi connectivity index (χ2v) is 6.93. The van der Waals surface area contributed by atoms with Crippen molar-refractivity contribution in [1.82, 2.24) is 0 Å². The molecule has 27 heavy (non-hydrogen) atoms. The SMILES string of the molecule is CNc1cc(O)c2c(c1)CCCC(=O)C(=O)C(=O)CCC(C)C(C)OC2=O. The Balaban J connectivity index is 2.39. The molecule has 1 aromatic rings. The molecule has 7 heteroatoms. The van der Waals surface area contributed by atoms with Gasteiger partial charge in [0.2, 0.25) is 11.6 Å². The Kier molecular flexibility index (Phi) is 6.71. The van der Waals surface area contributed by atoms with Gasteiger partial charge in [0.15, 0.2) is 0 Å². The van der Waals surface area contributed by atoms with Crippen LogP contribution < -0.4 is 5.32 Å². The summed E-state index contributed by atoms with van der Waals surface area (Å²) in [7, 11) is 1.68. The topological polar surface area (TPSA) is 110 Å². The number of cyclic esters (lactones) is 1. The molecule has 0 saturated carbocycles. The first kappa shape index (κ1) is 20.6. The van der Waals surface area contributed by atoms with Gasteiger partial charge in [0.1, 0.15) is 17.4 Å². The number of carbonyl (C=O) groups excluding carboxylic acids is 4. The first-order valence-electron chi connectivity index (χ1n) is 9.09. The van der Waals surface area contributed by atoms with Crippen molar-refractivity contribution in [3.8, 4) is 5.75 Å². The van der Waals surface area contributed by atoms with Crippen LogP contribution in [0.5, 0.6) is 5.75 Å². The summed E-state index contributed by atoms with van der Waals surface area (Å²) in [5, 5.41) is 13.2. The first-order chi connectivity index (χ1) is 12.7. The van der Waals surface area contributed by atoms with Crippen LogP contribution in [0.3, 0.4) is 0 Å². The minimum atomic E-state index is -0.962. The van der Waals surface area contributed by atoms with Gasteiger partial charge in [0.25, 0.3) is 5.78 Å². The van der Waals surface area contributed by atoms with Crippen LogP contribution in [0.25, 0.3) is 0 Å². The average Bonchev–Trinajstić information content (AvgIpc) is 2.63. The highest BCUT2D eigenvalue weighted by atomic mass is 16.5. The van der Waals surface area contributed by atoms with Crippen molar-refractivity contribution < 1.29 is 29.0 Å². The number of benzene rings is 1. The number of aryl methyl sites for hydroxylation is 1. The zero-order valence-corrected chi connectivity index (χ0v) is 15.8. The van der Waals surface area contributed by atoms with Crippen molar-refractivity contribution in [3.63, 3.8) is 0 Å². The van der Waals surface area contributed by atoms with Crippen LogP contribution in [-0.4, -0.2) is 41.6 Å². The maximum absolute atomic E-state index is 12.6. The fourth-order valence-corrected chi connectivity index (χ4v) is 3.02. The van der Waals surface area contributed by atoms with Crippen LogP contribution in [0.2, 0.25) is 0 Å². The number of ketones is 3. The Morgan fingerprint density at radius 1 is 1.04 bits per heavy atom. The summed E-state index contributed by atoms with van der Waals surface area (Å²) >= 11 is 0. The zero-order chi connectivity index (χ0) is 20.1. The van der Waals surface area contributed by atoms with E-state index < -0.39 is 29.4 Å². The number of ether oxygens (including phenoxy) is 1. The smallest absolute Gasteiger partial charge is 0.342 e. The van der Waals surface area contributed by atoms with E-state index >= 15 is 0 Å². The molecule has 7 nitrogen and oxygen atoms in total. The monoisotopic (exact) mass is 375 g/mol. The summed E-state index contributed by atoms with van der Waals surface area (Å²) in [5.41, 5.74) is 1.20. The fraction of sp³-hybridized carbons (Fsp3) is 0.500. The van der Waals surface area contributed by atoms with Gasteiger partial charge in [0, 0.05) is 31.6 Å². The van der Waals surface area contributed by atoms with Crippen molar-refractivity contribution in [3.05, 3.63) is 23.3 Å². The van der Waals surface area contributed by atoms with Crippen molar-refractivity contribution in [2.75, 3.05) is 12.4 Å². The van der Waals surface area contributed by atoms with Crippen molar-refractivity contribution in [1.29, 1.82) is 0 Å². The minimum absolute atomic E-state index is 0.0546. The van der Waals surface area contributed by atoms with Crippen molar-refractivity contribution in [2.24, 2.45) is 5.92 Å². The normalized spacial score (nSPS) is 22.6. The molecule has 0 aromatic heterocycles. The summed E-state index contributed by atoms with van der Waals surface area (Å²) in [6.07, 6.45) is 0.220. The first-order valence-corrected chi connectivity index (χ1v) is 9.09. The molecule has 0 aliphatic carbocycles. The van der Waals surface area contributed by atoms with E-state index in [0.717, 1.165) is 0 Å². The Morgan fingerprint density at radius 3 is 2.37 bits per heavy atom. The van der Waals surface area contributed by atoms with E-state index in [9.17, 15) is 24.3 Å². The molecular weight excluding hydrogens is 350 g/mol. The van der Waals surface area contributed by atoms with E-state index in [0.29, 0.717) is 17.7 Å². The molecule has 0 radical (unpaired) electrons. The lowest BCUT2D eigenvalue weighted by Gasteiger charge is -2.22. The molecule has 2 N–H and O–H groups in total. The molecule has 0 spiro atoms. The van der Waals surface area contributed by atoms with Crippen molar-refractivity contribution in [2.45, 2.75) is 52.1 Å². The summed E-state index contributed by atoms with van der Waals surface area (Å²) in [6.45, 7) is 3.50. The lowest BCUT2D eigenvalue weighted by atomic mass is 9.94. The quantitative estimate of drug-likeness (QED) is 0.573. The van der Waals surface area contributed by atoms with E-state index in [1.807, 2.05) is 0 Å². The lowest BCUT2D eigenvalue weighted by molar-refractivity contribution is -0.144. The number of hydrogen-bond acceptors (Lipinski definition) is 7. The lowest BCUT2D eigenvalue weighted by Crippen LogP contribution is -2.27. The molecule has 2 rings (SSSR count). The van der Waals surface area contributed by atoms with Gasteiger partial charge in [-0.25, -0.2) is 4.79 Å². The van der Waals surface area contributed by atoms with Crippen LogP contribution in [-0.2, 0) is 25.5 Å². The number of phenols is 1. The molecule has 1 aliphatic heterocycles. The Bertz CT molecular complexity index is 770. The van der Waals surface area contributed by atoms with E-state index in [1.54, 1.807) is 27.0 Å². The molecule has 1 aliphatic rings. The van der Waals surface area contributed by atoms with E-state index in [1.165, 1.54) is 6.07 Å². The summed E-state index contributed by atoms with van der Waals surface area (Å²) < 4.78 is 5.49. The highest BCUT2D eigenvalue weighted by Gasteiger charge is 2.27. The number of esters is 1. The van der Waals surface area contributed by atoms with Gasteiger partial charge in [-0.2, -0.15) is 0 Å². The number of phenolic OH excluding ortho intramolecular Hbond substituents is 1. The Labute approximate surface area is 158 Å². The summed E-state index contributed by atoms with van der Waals surface area (Å²) in [6, 6.07) is 3.14. The second-order valence-electron chi connectivity index (χ2n) is 6.93. The fourth-order valence-electron chi connectivity index (χ4n) is 3.02. The van der Waals surface area contributed by atoms with E-state index in [4.69, 9.17) is 4.74 Å². The molecule has 0 fully saturated rings. The van der Waals surface area contributed by atoms with Crippen LogP contribution in [0.4, 0.5) is 5.69 Å². The molecule has 2 atom stereocenters. The molecule has 146 valence electrons. The van der Waals surface area contributed by atoms with Crippen LogP contribution >= 0.6 is 0 Å². The third-order valence-electron chi connectivity index (χ3n) is 4.97. The summed E-state index contributed by atoms with van der Waals surface area (Å²) in [5.74, 6) is -3.41. The predicted octanol–water partition coefficient (Wildman–Crippen LogP) is 2.44. The van der Waals surface area contributed by atoms with Crippen LogP contribution in [0.15, 0.2) is 12.1 Å². The van der Waals surface area contributed by atoms with E-state index in [2.05, 4.69) is 5.32 Å². The van der Waals surface area contributed by atoms with Crippen molar-refractivity contribution >= 4 is 29.0 Å². The summed E-state index contributed by atoms with van der Waals surface area (Å²) in [4.78, 5) is 48.5. The highest BCUT2D eigenvalue weighted by molar-refractivity contribution is 6.63. The van der Waals surface area contributed by atoms with Crippen LogP contribution in [0.1, 0.15) is 55.5 Å². The molecule has 2 unspecified atom stereocenters. The molecular formula is C20H25NO6. The van der Waals surface area contributed by atoms with Gasteiger partial charge >= 0.3 is 5.97 Å². The highest BCUT2D eigenvalue weighted by Crippen LogP contribution is 2.30. The number of aromatic hydroxyl groups is 1. The number of nitrogens with one attached hydrogen (secondary N) is 1. The third kappa shape index (κ3) is 4.93. The third-order valence-corrected chi connectivity index (χ3v) is 4.97. The number of fused-ring (bicyclic) bond motifs is 1.